The Bertz CT molecular complexity index is 340. The number of hydrogen-bond donors (Lipinski definition) is 3. The summed E-state index contributed by atoms with van der Waals surface area (Å²) in [6.07, 6.45) is 2.27. The van der Waals surface area contributed by atoms with Crippen molar-refractivity contribution in [2.24, 2.45) is 5.92 Å². The van der Waals surface area contributed by atoms with Gasteiger partial charge in [-0.2, -0.15) is 0 Å². The molecule has 3 unspecified atom stereocenters. The third kappa shape index (κ3) is 3.81. The predicted molar refractivity (Wildman–Crippen MR) is 75.4 cm³/mol. The van der Waals surface area contributed by atoms with Crippen LogP contribution < -0.4 is 16.0 Å². The van der Waals surface area contributed by atoms with Gasteiger partial charge in [-0.1, -0.05) is 0 Å². The zero-order valence-corrected chi connectivity index (χ0v) is 12.3. The first-order valence-electron chi connectivity index (χ1n) is 6.62. The van der Waals surface area contributed by atoms with Crippen molar-refractivity contribution >= 4 is 24.3 Å². The molecule has 0 aromatic rings. The minimum Gasteiger partial charge on any atom is -0.341 e. The van der Waals surface area contributed by atoms with Crippen LogP contribution in [0.1, 0.15) is 19.8 Å². The number of likely N-dealkylation sites (tertiary alicyclic amines) is 1. The molecule has 3 N–H and O–H groups in total. The van der Waals surface area contributed by atoms with Crippen LogP contribution in [0.3, 0.4) is 0 Å². The van der Waals surface area contributed by atoms with Crippen LogP contribution in [0.15, 0.2) is 0 Å². The zero-order chi connectivity index (χ0) is 13.1. The molecule has 2 rings (SSSR count). The second kappa shape index (κ2) is 7.07. The average Bonchev–Trinajstić information content (AvgIpc) is 2.84. The Balaban J connectivity index is 0.00000180. The Kier molecular flexibility index (Phi) is 6.03. The maximum absolute atomic E-state index is 11.9. The summed E-state index contributed by atoms with van der Waals surface area (Å²) in [7, 11) is 1.50. The maximum atomic E-state index is 11.9. The minimum absolute atomic E-state index is 0. The standard InChI is InChI=1S/C12H22N4O2.ClH/c1-8(11(17)15-12(18)13-2)16-6-4-10-9(7-16)3-5-14-10;/h8-10,14H,3-7H2,1-2H3,(H2,13,15,17,18);1H. The van der Waals surface area contributed by atoms with Crippen molar-refractivity contribution in [3.63, 3.8) is 0 Å². The number of hydrogen-bond acceptors (Lipinski definition) is 4. The Morgan fingerprint density at radius 2 is 2.11 bits per heavy atom. The number of carbonyl (C=O) groups is 2. The molecule has 2 aliphatic rings. The molecule has 19 heavy (non-hydrogen) atoms. The van der Waals surface area contributed by atoms with Gasteiger partial charge >= 0.3 is 6.03 Å². The van der Waals surface area contributed by atoms with Crippen LogP contribution in [0.4, 0.5) is 4.79 Å². The molecule has 0 radical (unpaired) electrons. The Labute approximate surface area is 120 Å². The van der Waals surface area contributed by atoms with Crippen molar-refractivity contribution in [1.29, 1.82) is 0 Å². The topological polar surface area (TPSA) is 73.5 Å². The third-order valence-corrected chi connectivity index (χ3v) is 4.08. The van der Waals surface area contributed by atoms with Crippen LogP contribution in [0, 0.1) is 5.92 Å². The van der Waals surface area contributed by atoms with Crippen LogP contribution in [-0.4, -0.2) is 55.6 Å². The van der Waals surface area contributed by atoms with Gasteiger partial charge in [0.25, 0.3) is 0 Å². The van der Waals surface area contributed by atoms with E-state index in [0.717, 1.165) is 26.1 Å². The fraction of sp³-hybridized carbons (Fsp3) is 0.833. The zero-order valence-electron chi connectivity index (χ0n) is 11.4. The third-order valence-electron chi connectivity index (χ3n) is 4.08. The van der Waals surface area contributed by atoms with E-state index in [1.165, 1.54) is 13.5 Å². The van der Waals surface area contributed by atoms with Crippen molar-refractivity contribution in [2.45, 2.75) is 31.8 Å². The maximum Gasteiger partial charge on any atom is 0.321 e. The summed E-state index contributed by atoms with van der Waals surface area (Å²) < 4.78 is 0. The number of urea groups is 1. The van der Waals surface area contributed by atoms with Gasteiger partial charge in [-0.15, -0.1) is 12.4 Å². The van der Waals surface area contributed by atoms with E-state index in [2.05, 4.69) is 20.9 Å². The molecule has 7 heteroatoms. The molecule has 0 aromatic heterocycles. The number of imide groups is 1. The minimum atomic E-state index is -0.440. The van der Waals surface area contributed by atoms with Gasteiger partial charge < -0.3 is 10.6 Å². The van der Waals surface area contributed by atoms with E-state index in [9.17, 15) is 9.59 Å². The molecular formula is C12H23ClN4O2. The van der Waals surface area contributed by atoms with Crippen molar-refractivity contribution in [2.75, 3.05) is 26.7 Å². The van der Waals surface area contributed by atoms with Gasteiger partial charge in [-0.05, 0) is 32.2 Å². The largest absolute Gasteiger partial charge is 0.341 e. The molecule has 6 nitrogen and oxygen atoms in total. The highest BCUT2D eigenvalue weighted by Gasteiger charge is 2.35. The number of carbonyl (C=O) groups excluding carboxylic acids is 2. The number of halogens is 1. The van der Waals surface area contributed by atoms with Gasteiger partial charge in [0.05, 0.1) is 6.04 Å². The molecule has 2 heterocycles. The molecule has 0 aliphatic carbocycles. The molecular weight excluding hydrogens is 268 g/mol. The summed E-state index contributed by atoms with van der Waals surface area (Å²) in [6, 6.07) is -0.0661. The molecule has 110 valence electrons. The molecule has 0 spiro atoms. The molecule has 0 bridgehead atoms. The Morgan fingerprint density at radius 1 is 1.37 bits per heavy atom. The van der Waals surface area contributed by atoms with Crippen molar-refractivity contribution in [1.82, 2.24) is 20.9 Å². The first-order valence-corrected chi connectivity index (χ1v) is 6.62. The van der Waals surface area contributed by atoms with Crippen LogP contribution in [-0.2, 0) is 4.79 Å². The van der Waals surface area contributed by atoms with Gasteiger partial charge in [-0.25, -0.2) is 4.79 Å². The summed E-state index contributed by atoms with van der Waals surface area (Å²) in [5.41, 5.74) is 0. The normalized spacial score (nSPS) is 27.9. The summed E-state index contributed by atoms with van der Waals surface area (Å²) in [6.45, 7) is 4.81. The summed E-state index contributed by atoms with van der Waals surface area (Å²) in [5, 5.41) is 8.23. The molecule has 3 atom stereocenters. The predicted octanol–water partition coefficient (Wildman–Crippen LogP) is -0.0639. The number of rotatable bonds is 2. The number of amides is 3. The first-order chi connectivity index (χ1) is 8.61. The van der Waals surface area contributed by atoms with Crippen LogP contribution in [0.25, 0.3) is 0 Å². The molecule has 3 amide bonds. The Hall–Kier alpha value is -0.850. The van der Waals surface area contributed by atoms with E-state index >= 15 is 0 Å². The summed E-state index contributed by atoms with van der Waals surface area (Å²) >= 11 is 0. The first kappa shape index (κ1) is 16.2. The average molecular weight is 291 g/mol. The number of fused-ring (bicyclic) bond motifs is 1. The fourth-order valence-corrected chi connectivity index (χ4v) is 2.87. The highest BCUT2D eigenvalue weighted by atomic mass is 35.5. The second-order valence-electron chi connectivity index (χ2n) is 5.14. The second-order valence-corrected chi connectivity index (χ2v) is 5.14. The lowest BCUT2D eigenvalue weighted by atomic mass is 9.92. The summed E-state index contributed by atoms with van der Waals surface area (Å²) in [4.78, 5) is 25.2. The molecule has 2 aliphatic heterocycles. The fourth-order valence-electron chi connectivity index (χ4n) is 2.87. The molecule has 2 saturated heterocycles. The monoisotopic (exact) mass is 290 g/mol. The quantitative estimate of drug-likeness (QED) is 0.666. The van der Waals surface area contributed by atoms with Gasteiger partial charge in [0.2, 0.25) is 5.91 Å². The lowest BCUT2D eigenvalue weighted by molar-refractivity contribution is -0.125. The lowest BCUT2D eigenvalue weighted by Crippen LogP contribution is -2.54. The van der Waals surface area contributed by atoms with E-state index in [-0.39, 0.29) is 24.4 Å². The molecule has 0 aromatic carbocycles. The lowest BCUT2D eigenvalue weighted by Gasteiger charge is -2.37. The van der Waals surface area contributed by atoms with E-state index in [4.69, 9.17) is 0 Å². The smallest absolute Gasteiger partial charge is 0.321 e. The van der Waals surface area contributed by atoms with Crippen LogP contribution in [0.5, 0.6) is 0 Å². The Morgan fingerprint density at radius 3 is 2.79 bits per heavy atom. The highest BCUT2D eigenvalue weighted by molar-refractivity contribution is 5.96. The van der Waals surface area contributed by atoms with Crippen molar-refractivity contribution in [3.8, 4) is 0 Å². The van der Waals surface area contributed by atoms with Crippen molar-refractivity contribution < 1.29 is 9.59 Å². The van der Waals surface area contributed by atoms with E-state index in [1.54, 1.807) is 0 Å². The van der Waals surface area contributed by atoms with E-state index in [0.29, 0.717) is 12.0 Å². The number of piperidine rings is 1. The van der Waals surface area contributed by atoms with Crippen molar-refractivity contribution in [3.05, 3.63) is 0 Å². The number of nitrogens with zero attached hydrogens (tertiary/aromatic N) is 1. The van der Waals surface area contributed by atoms with Gasteiger partial charge in [0.15, 0.2) is 0 Å². The SMILES string of the molecule is CNC(=O)NC(=O)C(C)N1CCC2NCCC2C1.Cl. The van der Waals surface area contributed by atoms with Gasteiger partial charge in [-0.3, -0.25) is 15.0 Å². The summed E-state index contributed by atoms with van der Waals surface area (Å²) in [5.74, 6) is 0.424. The molecule has 2 fully saturated rings. The van der Waals surface area contributed by atoms with Gasteiger partial charge in [0.1, 0.15) is 0 Å². The van der Waals surface area contributed by atoms with Crippen LogP contribution in [0.2, 0.25) is 0 Å². The molecule has 0 saturated carbocycles. The van der Waals surface area contributed by atoms with Crippen LogP contribution >= 0.6 is 12.4 Å². The number of nitrogens with one attached hydrogen (secondary N) is 3. The highest BCUT2D eigenvalue weighted by Crippen LogP contribution is 2.25. The van der Waals surface area contributed by atoms with E-state index < -0.39 is 6.03 Å². The van der Waals surface area contributed by atoms with Gasteiger partial charge in [0, 0.05) is 26.2 Å². The van der Waals surface area contributed by atoms with E-state index in [1.807, 2.05) is 6.92 Å².